The average molecular weight is 251 g/mol. The van der Waals surface area contributed by atoms with E-state index < -0.39 is 0 Å². The first-order valence-corrected chi connectivity index (χ1v) is 7.73. The van der Waals surface area contributed by atoms with Crippen LogP contribution in [0.1, 0.15) is 73.0 Å². The molecule has 1 aromatic rings. The summed E-state index contributed by atoms with van der Waals surface area (Å²) in [5.41, 5.74) is 1.20. The van der Waals surface area contributed by atoms with Crippen molar-refractivity contribution in [1.29, 1.82) is 0 Å². The van der Waals surface area contributed by atoms with Gasteiger partial charge in [0.05, 0.1) is 21.7 Å². The van der Waals surface area contributed by atoms with E-state index in [4.69, 9.17) is 4.98 Å². The molecule has 0 bridgehead atoms. The highest BCUT2D eigenvalue weighted by molar-refractivity contribution is 7.11. The van der Waals surface area contributed by atoms with Gasteiger partial charge in [-0.05, 0) is 38.0 Å². The van der Waals surface area contributed by atoms with E-state index in [9.17, 15) is 5.11 Å². The van der Waals surface area contributed by atoms with Crippen LogP contribution < -0.4 is 0 Å². The van der Waals surface area contributed by atoms with E-state index in [0.29, 0.717) is 5.92 Å². The molecule has 3 rings (SSSR count). The molecule has 0 spiro atoms. The lowest BCUT2D eigenvalue weighted by Gasteiger charge is -2.24. The molecule has 2 aliphatic rings. The molecule has 94 valence electrons. The van der Waals surface area contributed by atoms with Crippen molar-refractivity contribution in [2.45, 2.75) is 63.9 Å². The molecule has 3 heteroatoms. The molecule has 1 unspecified atom stereocenters. The van der Waals surface area contributed by atoms with Crippen molar-refractivity contribution in [2.75, 3.05) is 0 Å². The quantitative estimate of drug-likeness (QED) is 0.823. The minimum Gasteiger partial charge on any atom is -0.388 e. The largest absolute Gasteiger partial charge is 0.388 e. The van der Waals surface area contributed by atoms with Gasteiger partial charge in [0.2, 0.25) is 0 Å². The number of hydrogen-bond acceptors (Lipinski definition) is 3. The van der Waals surface area contributed by atoms with Gasteiger partial charge in [0.1, 0.15) is 0 Å². The summed E-state index contributed by atoms with van der Waals surface area (Å²) in [7, 11) is 0. The molecule has 2 aliphatic carbocycles. The molecule has 1 heterocycles. The fourth-order valence-corrected chi connectivity index (χ4v) is 4.40. The zero-order valence-electron chi connectivity index (χ0n) is 10.5. The number of fused-ring (bicyclic) bond motifs is 1. The van der Waals surface area contributed by atoms with Gasteiger partial charge >= 0.3 is 0 Å². The maximum atomic E-state index is 9.99. The lowest BCUT2D eigenvalue weighted by molar-refractivity contribution is 0.160. The molecule has 17 heavy (non-hydrogen) atoms. The van der Waals surface area contributed by atoms with E-state index in [1.54, 1.807) is 11.3 Å². The Morgan fingerprint density at radius 1 is 1.18 bits per heavy atom. The van der Waals surface area contributed by atoms with E-state index >= 15 is 0 Å². The van der Waals surface area contributed by atoms with Crippen LogP contribution in [0.3, 0.4) is 0 Å². The van der Waals surface area contributed by atoms with Crippen molar-refractivity contribution in [3.63, 3.8) is 0 Å². The van der Waals surface area contributed by atoms with E-state index in [0.717, 1.165) is 25.2 Å². The Hall–Kier alpha value is -0.410. The van der Waals surface area contributed by atoms with Gasteiger partial charge in [-0.3, -0.25) is 0 Å². The second-order valence-corrected chi connectivity index (χ2v) is 6.79. The summed E-state index contributed by atoms with van der Waals surface area (Å²) in [6, 6.07) is 0. The number of thiazole rings is 1. The van der Waals surface area contributed by atoms with Crippen molar-refractivity contribution in [3.05, 3.63) is 15.6 Å². The predicted octanol–water partition coefficient (Wildman–Crippen LogP) is 3.81. The highest BCUT2D eigenvalue weighted by Gasteiger charge is 2.27. The summed E-state index contributed by atoms with van der Waals surface area (Å²) in [6.45, 7) is 2.35. The molecular weight excluding hydrogens is 230 g/mol. The molecule has 0 aliphatic heterocycles. The van der Waals surface area contributed by atoms with Gasteiger partial charge in [-0.2, -0.15) is 0 Å². The molecular formula is C14H21NOS. The zero-order chi connectivity index (χ0) is 11.8. The molecule has 0 radical (unpaired) electrons. The van der Waals surface area contributed by atoms with Crippen LogP contribution in [0.25, 0.3) is 0 Å². The first-order chi connectivity index (χ1) is 8.24. The summed E-state index contributed by atoms with van der Waals surface area (Å²) in [5.74, 6) is 1.57. The molecule has 1 atom stereocenters. The van der Waals surface area contributed by atoms with Crippen molar-refractivity contribution in [2.24, 2.45) is 5.92 Å². The Morgan fingerprint density at radius 3 is 2.65 bits per heavy atom. The molecule has 0 saturated heterocycles. The van der Waals surface area contributed by atoms with E-state index in [2.05, 4.69) is 6.92 Å². The number of nitrogens with zero attached hydrogens (tertiary/aromatic N) is 1. The maximum Gasteiger partial charge on any atom is 0.0963 e. The number of aromatic nitrogens is 1. The number of hydrogen-bond donors (Lipinski definition) is 1. The lowest BCUT2D eigenvalue weighted by atomic mass is 9.83. The van der Waals surface area contributed by atoms with Crippen LogP contribution in [0.4, 0.5) is 0 Å². The Balaban J connectivity index is 1.80. The Morgan fingerprint density at radius 2 is 1.94 bits per heavy atom. The Kier molecular flexibility index (Phi) is 3.22. The number of aliphatic hydroxyl groups is 1. The van der Waals surface area contributed by atoms with Crippen LogP contribution in [0.2, 0.25) is 0 Å². The standard InChI is InChI=1S/C14H21NOS/c1-9-5-7-10(8-6-9)14-15-11-3-2-4-12(16)13(11)17-14/h9-10,12,16H,2-8H2,1H3. The predicted molar refractivity (Wildman–Crippen MR) is 70.4 cm³/mol. The van der Waals surface area contributed by atoms with Crippen LogP contribution in [0.5, 0.6) is 0 Å². The molecule has 1 N–H and O–H groups in total. The van der Waals surface area contributed by atoms with E-state index in [-0.39, 0.29) is 6.10 Å². The zero-order valence-corrected chi connectivity index (χ0v) is 11.3. The summed E-state index contributed by atoms with van der Waals surface area (Å²) in [4.78, 5) is 5.98. The summed E-state index contributed by atoms with van der Waals surface area (Å²) in [6.07, 6.45) is 8.15. The highest BCUT2D eigenvalue weighted by Crippen LogP contribution is 2.41. The SMILES string of the molecule is CC1CCC(c2nc3c(s2)C(O)CCC3)CC1. The third-order valence-corrected chi connectivity index (χ3v) is 5.66. The number of aliphatic hydroxyl groups excluding tert-OH is 1. The van der Waals surface area contributed by atoms with E-state index in [1.807, 2.05) is 0 Å². The minimum absolute atomic E-state index is 0.229. The normalized spacial score (nSPS) is 33.4. The van der Waals surface area contributed by atoms with Gasteiger partial charge in [0, 0.05) is 5.92 Å². The van der Waals surface area contributed by atoms with Crippen LogP contribution in [0, 0.1) is 5.92 Å². The van der Waals surface area contributed by atoms with Crippen molar-refractivity contribution >= 4 is 11.3 Å². The topological polar surface area (TPSA) is 33.1 Å². The molecule has 0 amide bonds. The smallest absolute Gasteiger partial charge is 0.0963 e. The highest BCUT2D eigenvalue weighted by atomic mass is 32.1. The molecule has 1 fully saturated rings. The maximum absolute atomic E-state index is 9.99. The lowest BCUT2D eigenvalue weighted by Crippen LogP contribution is -2.10. The summed E-state index contributed by atoms with van der Waals surface area (Å²) < 4.78 is 0. The van der Waals surface area contributed by atoms with Gasteiger partial charge in [-0.1, -0.05) is 19.8 Å². The Bertz CT molecular complexity index is 393. The number of rotatable bonds is 1. The van der Waals surface area contributed by atoms with Gasteiger partial charge in [-0.15, -0.1) is 11.3 Å². The van der Waals surface area contributed by atoms with Crippen LogP contribution in [-0.2, 0) is 6.42 Å². The van der Waals surface area contributed by atoms with Crippen LogP contribution in [-0.4, -0.2) is 10.1 Å². The first kappa shape index (κ1) is 11.7. The fraction of sp³-hybridized carbons (Fsp3) is 0.786. The molecule has 0 aromatic carbocycles. The van der Waals surface area contributed by atoms with Gasteiger partial charge in [0.25, 0.3) is 0 Å². The first-order valence-electron chi connectivity index (χ1n) is 6.91. The third kappa shape index (κ3) is 2.27. The average Bonchev–Trinajstić information content (AvgIpc) is 2.75. The van der Waals surface area contributed by atoms with Crippen LogP contribution >= 0.6 is 11.3 Å². The van der Waals surface area contributed by atoms with Crippen LogP contribution in [0.15, 0.2) is 0 Å². The molecule has 2 nitrogen and oxygen atoms in total. The second kappa shape index (κ2) is 4.69. The Labute approximate surface area is 107 Å². The van der Waals surface area contributed by atoms with Gasteiger partial charge < -0.3 is 5.11 Å². The third-order valence-electron chi connectivity index (χ3n) is 4.30. The molecule has 1 saturated carbocycles. The van der Waals surface area contributed by atoms with Gasteiger partial charge in [0.15, 0.2) is 0 Å². The minimum atomic E-state index is -0.229. The van der Waals surface area contributed by atoms with Crippen molar-refractivity contribution < 1.29 is 5.11 Å². The summed E-state index contributed by atoms with van der Waals surface area (Å²) >= 11 is 1.79. The number of aryl methyl sites for hydroxylation is 1. The second-order valence-electron chi connectivity index (χ2n) is 5.73. The summed E-state index contributed by atoms with van der Waals surface area (Å²) in [5, 5.41) is 11.3. The fourth-order valence-electron chi connectivity index (χ4n) is 3.10. The van der Waals surface area contributed by atoms with Gasteiger partial charge in [-0.25, -0.2) is 4.98 Å². The van der Waals surface area contributed by atoms with Crippen molar-refractivity contribution in [1.82, 2.24) is 4.98 Å². The molecule has 1 aromatic heterocycles. The van der Waals surface area contributed by atoms with E-state index in [1.165, 1.54) is 41.3 Å². The van der Waals surface area contributed by atoms with Crippen molar-refractivity contribution in [3.8, 4) is 0 Å². The monoisotopic (exact) mass is 251 g/mol.